The van der Waals surface area contributed by atoms with E-state index in [2.05, 4.69) is 157 Å². The number of ether oxygens (including phenoxy) is 1. The van der Waals surface area contributed by atoms with Crippen molar-refractivity contribution in [3.63, 3.8) is 0 Å². The minimum Gasteiger partial charge on any atom is -0.483 e. The largest absolute Gasteiger partial charge is 0.483 e. The molecule has 3 N–H and O–H groups in total. The first kappa shape index (κ1) is 77.2. The molecule has 23 heteroatoms. The number of imidazole rings is 1. The Labute approximate surface area is 630 Å². The van der Waals surface area contributed by atoms with Crippen LogP contribution >= 0.6 is 22.9 Å². The average molecular weight is 1470 g/mol. The van der Waals surface area contributed by atoms with E-state index in [0.29, 0.717) is 33.8 Å². The Morgan fingerprint density at radius 3 is 2.16 bits per heavy atom. The van der Waals surface area contributed by atoms with Gasteiger partial charge < -0.3 is 29.5 Å². The number of aromatic nitrogens is 8. The van der Waals surface area contributed by atoms with Gasteiger partial charge in [-0.1, -0.05) is 88.5 Å². The number of benzene rings is 5. The van der Waals surface area contributed by atoms with Crippen LogP contribution in [0.1, 0.15) is 98.1 Å². The topological polar surface area (TPSA) is 219 Å². The van der Waals surface area contributed by atoms with E-state index in [4.69, 9.17) is 27.4 Å². The minimum atomic E-state index is -0.907. The van der Waals surface area contributed by atoms with Crippen LogP contribution in [-0.4, -0.2) is 111 Å². The molecule has 3 aliphatic rings. The third-order valence-corrected chi connectivity index (χ3v) is 18.2. The van der Waals surface area contributed by atoms with Crippen molar-refractivity contribution < 1.29 is 32.7 Å². The van der Waals surface area contributed by atoms with E-state index in [0.717, 1.165) is 117 Å². The summed E-state index contributed by atoms with van der Waals surface area (Å²) in [6, 6.07) is 43.4. The lowest BCUT2D eigenvalue weighted by atomic mass is 9.73. The number of methoxy groups -OCH3 is 1. The smallest absolute Gasteiger partial charge is 0.348 e. The average Bonchev–Trinajstić information content (AvgIpc) is 1.65. The molecule has 2 aliphatic heterocycles. The molecule has 1 aliphatic carbocycles. The van der Waals surface area contributed by atoms with Crippen LogP contribution in [0.5, 0.6) is 0 Å². The number of carbonyl (C=O) groups excluding carboxylic acids is 2. The van der Waals surface area contributed by atoms with Crippen molar-refractivity contribution in [2.45, 2.75) is 92.7 Å². The summed E-state index contributed by atoms with van der Waals surface area (Å²) in [7, 11) is 3.35. The number of guanidine groups is 1. The molecular formula is C84H77ClF2N14O5S. The predicted octanol–water partition coefficient (Wildman–Crippen LogP) is 16.4. The monoisotopic (exact) mass is 1470 g/mol. The van der Waals surface area contributed by atoms with Gasteiger partial charge in [0.1, 0.15) is 45.3 Å². The SMILES string of the molecule is C=C(OC)N1CC[C@@H]2[C@H]1CCC[C@@]2(O)C#Cc1cccc(C)c1.Cc1cc(F)cc(-c2ccc(C#Cc3csc(C)n3)cn2)c1.Cc1ccc(-n2c(C)nc(C#Cc3ccnc(Cl)c3)c2C)cc1.Cc1cccc(NC(=O)N=C2NC(=O)CN2C)c1.[C-]#[N+]c1cc(F)cc(-c2nc(-c3ccc(C)cn3)no2)c1. The third-order valence-electron chi connectivity index (χ3n) is 17.2. The number of hydrogen-bond donors (Lipinski definition) is 3. The fourth-order valence-electron chi connectivity index (χ4n) is 12.0. The maximum absolute atomic E-state index is 13.4. The van der Waals surface area contributed by atoms with Crippen molar-refractivity contribution in [2.24, 2.45) is 10.9 Å². The molecule has 3 amide bonds. The Bertz CT molecular complexity index is 5310. The lowest BCUT2D eigenvalue weighted by Gasteiger charge is -2.40. The highest BCUT2D eigenvalue weighted by atomic mass is 35.5. The highest BCUT2D eigenvalue weighted by Crippen LogP contribution is 2.44. The Kier molecular flexibility index (Phi) is 25.8. The number of likely N-dealkylation sites (N-methyl/N-ethyl adjacent to an activating group) is 1. The zero-order chi connectivity index (χ0) is 76.3. The number of carbonyl (C=O) groups is 2. The quantitative estimate of drug-likeness (QED) is 0.0585. The number of halogens is 3. The molecule has 540 valence electrons. The number of aryl methyl sites for hydroxylation is 7. The number of hydrogen-bond acceptors (Lipinski definition) is 14. The van der Waals surface area contributed by atoms with E-state index in [9.17, 15) is 23.5 Å². The van der Waals surface area contributed by atoms with Crippen LogP contribution in [0.3, 0.4) is 0 Å². The molecule has 6 aromatic heterocycles. The molecule has 0 unspecified atom stereocenters. The van der Waals surface area contributed by atoms with Gasteiger partial charge in [0.05, 0.1) is 36.6 Å². The molecule has 1 saturated carbocycles. The lowest BCUT2D eigenvalue weighted by molar-refractivity contribution is -0.118. The number of nitrogens with zero attached hydrogens (tertiary/aromatic N) is 12. The number of anilines is 1. The molecule has 19 nitrogen and oxygen atoms in total. The molecule has 14 rings (SSSR count). The maximum atomic E-state index is 13.4. The first-order chi connectivity index (χ1) is 51.4. The van der Waals surface area contributed by atoms with Crippen molar-refractivity contribution in [3.05, 3.63) is 283 Å². The van der Waals surface area contributed by atoms with Gasteiger partial charge in [0.25, 0.3) is 5.89 Å². The summed E-state index contributed by atoms with van der Waals surface area (Å²) >= 11 is 7.46. The molecule has 0 spiro atoms. The minimum absolute atomic E-state index is 0.150. The van der Waals surface area contributed by atoms with Gasteiger partial charge in [-0.25, -0.2) is 33.4 Å². The molecule has 8 heterocycles. The fraction of sp³-hybridized carbons (Fsp3) is 0.226. The van der Waals surface area contributed by atoms with Crippen molar-refractivity contribution in [1.29, 1.82) is 0 Å². The van der Waals surface area contributed by atoms with E-state index in [-0.39, 0.29) is 47.8 Å². The van der Waals surface area contributed by atoms with Crippen LogP contribution < -0.4 is 10.6 Å². The van der Waals surface area contributed by atoms with Crippen molar-refractivity contribution in [1.82, 2.24) is 54.7 Å². The van der Waals surface area contributed by atoms with Gasteiger partial charge in [-0.15, -0.1) is 11.3 Å². The Morgan fingerprint density at radius 1 is 0.766 bits per heavy atom. The first-order valence-electron chi connectivity index (χ1n) is 34.1. The summed E-state index contributed by atoms with van der Waals surface area (Å²) in [5, 5.41) is 23.5. The van der Waals surface area contributed by atoms with Gasteiger partial charge in [0, 0.05) is 88.7 Å². The number of urea groups is 1. The van der Waals surface area contributed by atoms with Gasteiger partial charge >= 0.3 is 6.03 Å². The predicted molar refractivity (Wildman–Crippen MR) is 414 cm³/mol. The number of nitrogens with one attached hydrogen (secondary N) is 2. The summed E-state index contributed by atoms with van der Waals surface area (Å²) in [6.07, 6.45) is 8.78. The second-order valence-corrected chi connectivity index (χ2v) is 27.1. The highest BCUT2D eigenvalue weighted by Gasteiger charge is 2.49. The summed E-state index contributed by atoms with van der Waals surface area (Å²) in [5.41, 5.74) is 14.0. The first-order valence-corrected chi connectivity index (χ1v) is 35.3. The zero-order valence-corrected chi connectivity index (χ0v) is 62.3. The number of aliphatic imine (C=N–C) groups is 1. The number of amides is 3. The zero-order valence-electron chi connectivity index (χ0n) is 60.8. The summed E-state index contributed by atoms with van der Waals surface area (Å²) in [5.74, 6) is 20.2. The molecule has 11 aromatic rings. The van der Waals surface area contributed by atoms with Crippen LogP contribution in [0, 0.1) is 115 Å². The van der Waals surface area contributed by atoms with E-state index in [1.165, 1.54) is 35.4 Å². The third kappa shape index (κ3) is 21.4. The second-order valence-electron chi connectivity index (χ2n) is 25.6. The number of rotatable bonds is 7. The molecule has 3 fully saturated rings. The lowest BCUT2D eigenvalue weighted by Crippen LogP contribution is -2.48. The van der Waals surface area contributed by atoms with E-state index in [1.54, 1.807) is 67.2 Å². The van der Waals surface area contributed by atoms with Gasteiger partial charge in [-0.05, 0) is 225 Å². The van der Waals surface area contributed by atoms with E-state index < -0.39 is 17.4 Å². The van der Waals surface area contributed by atoms with Crippen LogP contribution in [0.15, 0.2) is 192 Å². The van der Waals surface area contributed by atoms with Gasteiger partial charge in [-0.2, -0.15) is 9.98 Å². The normalized spacial score (nSPS) is 15.5. The number of likely N-dealkylation sites (tertiary alicyclic amines) is 1. The number of fused-ring (bicyclic) bond motifs is 1. The molecule has 0 bridgehead atoms. The molecular weight excluding hydrogens is 1390 g/mol. The Balaban J connectivity index is 0.000000143. The summed E-state index contributed by atoms with van der Waals surface area (Å²) in [6.45, 7) is 27.9. The highest BCUT2D eigenvalue weighted by molar-refractivity contribution is 7.09. The maximum Gasteiger partial charge on any atom is 0.348 e. The van der Waals surface area contributed by atoms with E-state index in [1.807, 2.05) is 108 Å². The fourth-order valence-corrected chi connectivity index (χ4v) is 12.7. The Morgan fingerprint density at radius 2 is 1.49 bits per heavy atom. The van der Waals surface area contributed by atoms with Crippen molar-refractivity contribution in [3.8, 4) is 75.4 Å². The van der Waals surface area contributed by atoms with Gasteiger partial charge in [-0.3, -0.25) is 24.6 Å². The van der Waals surface area contributed by atoms with E-state index >= 15 is 0 Å². The number of thiazole rings is 1. The molecule has 0 radical (unpaired) electrons. The van der Waals surface area contributed by atoms with Crippen molar-refractivity contribution in [2.75, 3.05) is 32.6 Å². The number of aliphatic hydroxyl groups is 1. The summed E-state index contributed by atoms with van der Waals surface area (Å²) < 4.78 is 39.4. The Hall–Kier alpha value is -12.4. The molecule has 5 aromatic carbocycles. The standard InChI is InChI=1S/C20H25NO2.C19H16ClN3.C18H13FN2S.C15H9FN4O.C12H14N4O2/c1-15-6-4-7-17(14-15)9-12-20(22)11-5-8-19-18(20)10-13-21(19)16(2)23-3;1-13-4-7-17(8-5-13)23-14(2)18(22-15(23)3)9-6-16-10-11-21-19(20)12-16;1-12-7-15(9-16(19)8-12)18-6-4-14(10-20-18)3-5-17-11-22-13(2)21-17;1-9-3-4-13(18-8-9)14-19-15(21-20-14)10-5-11(16)7-12(6-10)17-2;1-8-4-3-5-9(6-8)13-12(18)15-11-14-10(17)7-16(11)2/h4,6-7,14,18-19,22H,2,5,8,10-11,13H2,1,3H3;4-5,7-8,10-12H,1-3H3;4,6-11H,1-2H3;3-8H,1H3;3-6H,7H2,1-2H3,(H2,13,14,15,17,18)/t18-,19-,20-;;;;/m1..../s1. The van der Waals surface area contributed by atoms with Gasteiger partial charge in [0.15, 0.2) is 11.6 Å². The van der Waals surface area contributed by atoms with Crippen LogP contribution in [0.2, 0.25) is 5.15 Å². The van der Waals surface area contributed by atoms with Crippen LogP contribution in [0.25, 0.3) is 44.8 Å². The molecule has 2 saturated heterocycles. The molecule has 3 atom stereocenters. The second kappa shape index (κ2) is 35.8. The van der Waals surface area contributed by atoms with Gasteiger partial charge in [0.2, 0.25) is 17.7 Å². The number of pyridine rings is 3. The van der Waals surface area contributed by atoms with Crippen LogP contribution in [-0.2, 0) is 9.53 Å². The molecule has 107 heavy (non-hydrogen) atoms. The van der Waals surface area contributed by atoms with Crippen LogP contribution in [0.4, 0.5) is 25.0 Å². The van der Waals surface area contributed by atoms with Crippen molar-refractivity contribution >= 4 is 52.2 Å². The summed E-state index contributed by atoms with van der Waals surface area (Å²) in [4.78, 5) is 59.1.